The maximum Gasteiger partial charge on any atom is 0.0634 e. The summed E-state index contributed by atoms with van der Waals surface area (Å²) in [7, 11) is 0. The van der Waals surface area contributed by atoms with Crippen molar-refractivity contribution in [3.63, 3.8) is 0 Å². The molecule has 0 aromatic heterocycles. The summed E-state index contributed by atoms with van der Waals surface area (Å²) < 4.78 is 0. The van der Waals surface area contributed by atoms with Gasteiger partial charge in [-0.05, 0) is 88.1 Å². The molecule has 0 unspecified atom stereocenters. The van der Waals surface area contributed by atoms with Gasteiger partial charge in [0.05, 0.1) is 22.8 Å². The van der Waals surface area contributed by atoms with Crippen LogP contribution in [0.4, 0.5) is 11.4 Å². The van der Waals surface area contributed by atoms with E-state index >= 15 is 0 Å². The molecule has 0 bridgehead atoms. The summed E-state index contributed by atoms with van der Waals surface area (Å²) >= 11 is 0. The van der Waals surface area contributed by atoms with Gasteiger partial charge >= 0.3 is 0 Å². The maximum absolute atomic E-state index is 5.01. The van der Waals surface area contributed by atoms with Gasteiger partial charge in [-0.1, -0.05) is 38.5 Å². The third kappa shape index (κ3) is 9.38. The van der Waals surface area contributed by atoms with Crippen LogP contribution in [-0.4, -0.2) is 11.4 Å². The predicted octanol–water partition coefficient (Wildman–Crippen LogP) is 7.65. The van der Waals surface area contributed by atoms with E-state index in [9.17, 15) is 0 Å². The van der Waals surface area contributed by atoms with Crippen LogP contribution >= 0.6 is 0 Å². The zero-order chi connectivity index (χ0) is 21.6. The van der Waals surface area contributed by atoms with E-state index in [0.717, 1.165) is 72.4 Å². The zero-order valence-electron chi connectivity index (χ0n) is 19.1. The second-order valence-corrected chi connectivity index (χ2v) is 7.17. The quantitative estimate of drug-likeness (QED) is 0.211. The fourth-order valence-corrected chi connectivity index (χ4v) is 3.06. The molecule has 0 N–H and O–H groups in total. The van der Waals surface area contributed by atoms with E-state index in [1.54, 1.807) is 0 Å². The Kier molecular flexibility index (Phi) is 13.0. The number of nitrogens with zero attached hydrogens (tertiary/aromatic N) is 2. The van der Waals surface area contributed by atoms with Crippen molar-refractivity contribution >= 4 is 22.8 Å². The van der Waals surface area contributed by atoms with Gasteiger partial charge in [0, 0.05) is 27.6 Å². The van der Waals surface area contributed by atoms with Crippen molar-refractivity contribution in [1.82, 2.24) is 0 Å². The third-order valence-electron chi connectivity index (χ3n) is 4.67. The predicted molar refractivity (Wildman–Crippen MR) is 131 cm³/mol. The van der Waals surface area contributed by atoms with E-state index in [4.69, 9.17) is 9.98 Å². The molecule has 0 amide bonds. The SMILES string of the molecule is CC#Cc1ccc(N=C(CCCC)C(CCCC)=Nc2ccc(C#CC)cc2)cc1.[Ni]. The summed E-state index contributed by atoms with van der Waals surface area (Å²) in [5, 5.41) is 0. The molecule has 0 aliphatic carbocycles. The molecule has 31 heavy (non-hydrogen) atoms. The van der Waals surface area contributed by atoms with E-state index in [-0.39, 0.29) is 16.5 Å². The average Bonchev–Trinajstić information content (AvgIpc) is 2.77. The van der Waals surface area contributed by atoms with Crippen molar-refractivity contribution in [2.24, 2.45) is 9.98 Å². The first kappa shape index (κ1) is 26.4. The van der Waals surface area contributed by atoms with E-state index in [1.807, 2.05) is 62.4 Å². The molecule has 0 radical (unpaired) electrons. The molecule has 0 atom stereocenters. The molecule has 0 fully saturated rings. The van der Waals surface area contributed by atoms with Crippen molar-refractivity contribution in [3.05, 3.63) is 59.7 Å². The Morgan fingerprint density at radius 1 is 0.645 bits per heavy atom. The minimum absolute atomic E-state index is 0. The van der Waals surface area contributed by atoms with Gasteiger partial charge in [-0.25, -0.2) is 0 Å². The van der Waals surface area contributed by atoms with Crippen LogP contribution in [0, 0.1) is 23.7 Å². The van der Waals surface area contributed by atoms with E-state index in [1.165, 1.54) is 0 Å². The minimum atomic E-state index is 0. The molecular formula is C28H32N2Ni. The fraction of sp³-hybridized carbons (Fsp3) is 0.357. The van der Waals surface area contributed by atoms with Gasteiger partial charge < -0.3 is 0 Å². The minimum Gasteiger partial charge on any atom is -0.252 e. The van der Waals surface area contributed by atoms with Crippen LogP contribution in [0.15, 0.2) is 58.5 Å². The van der Waals surface area contributed by atoms with E-state index in [2.05, 4.69) is 37.5 Å². The van der Waals surface area contributed by atoms with Crippen molar-refractivity contribution in [1.29, 1.82) is 0 Å². The fourth-order valence-electron chi connectivity index (χ4n) is 3.06. The maximum atomic E-state index is 5.01. The van der Waals surface area contributed by atoms with Gasteiger partial charge in [0.1, 0.15) is 0 Å². The molecule has 0 spiro atoms. The number of aliphatic imine (C=N–C) groups is 2. The molecule has 2 aromatic carbocycles. The Labute approximate surface area is 198 Å². The number of hydrogen-bond acceptors (Lipinski definition) is 2. The van der Waals surface area contributed by atoms with Crippen molar-refractivity contribution < 1.29 is 16.5 Å². The van der Waals surface area contributed by atoms with E-state index < -0.39 is 0 Å². The summed E-state index contributed by atoms with van der Waals surface area (Å²) in [4.78, 5) is 10.0. The molecule has 0 aliphatic rings. The van der Waals surface area contributed by atoms with Crippen LogP contribution in [0.25, 0.3) is 0 Å². The molecular weight excluding hydrogens is 423 g/mol. The normalized spacial score (nSPS) is 11.0. The van der Waals surface area contributed by atoms with Crippen molar-refractivity contribution in [2.75, 3.05) is 0 Å². The Hall–Kier alpha value is -2.61. The molecule has 3 heteroatoms. The summed E-state index contributed by atoms with van der Waals surface area (Å²) in [5.74, 6) is 12.1. The van der Waals surface area contributed by atoms with Gasteiger partial charge in [0.15, 0.2) is 0 Å². The second-order valence-electron chi connectivity index (χ2n) is 7.17. The standard InChI is InChI=1S/C28H32N2.Ni/c1-5-9-13-27(29-25-19-15-23(11-7-3)16-20-25)28(14-10-6-2)30-26-21-17-24(12-8-4)18-22-26;/h15-22H,5-6,9-10,13-14H2,1-4H3;. The Morgan fingerprint density at radius 3 is 1.29 bits per heavy atom. The number of rotatable bonds is 9. The Morgan fingerprint density at radius 2 is 1.00 bits per heavy atom. The van der Waals surface area contributed by atoms with Crippen LogP contribution in [-0.2, 0) is 16.5 Å². The summed E-state index contributed by atoms with van der Waals surface area (Å²) in [6, 6.07) is 16.3. The van der Waals surface area contributed by atoms with E-state index in [0.29, 0.717) is 0 Å². The molecule has 2 aromatic rings. The monoisotopic (exact) mass is 454 g/mol. The topological polar surface area (TPSA) is 24.7 Å². The van der Waals surface area contributed by atoms with Gasteiger partial charge in [0.25, 0.3) is 0 Å². The molecule has 0 heterocycles. The van der Waals surface area contributed by atoms with Crippen LogP contribution in [0.5, 0.6) is 0 Å². The van der Waals surface area contributed by atoms with Crippen LogP contribution < -0.4 is 0 Å². The van der Waals surface area contributed by atoms with Gasteiger partial charge in [-0.2, -0.15) is 0 Å². The average molecular weight is 455 g/mol. The molecule has 164 valence electrons. The Balaban J connectivity index is 0.00000480. The van der Waals surface area contributed by atoms with Crippen LogP contribution in [0.2, 0.25) is 0 Å². The summed E-state index contributed by atoms with van der Waals surface area (Å²) in [6.07, 6.45) is 6.36. The number of unbranched alkanes of at least 4 members (excludes halogenated alkanes) is 2. The van der Waals surface area contributed by atoms with Crippen LogP contribution in [0.3, 0.4) is 0 Å². The molecule has 0 saturated heterocycles. The molecule has 2 nitrogen and oxygen atoms in total. The number of benzene rings is 2. The second kappa shape index (κ2) is 15.2. The third-order valence-corrected chi connectivity index (χ3v) is 4.67. The first-order chi connectivity index (χ1) is 14.7. The smallest absolute Gasteiger partial charge is 0.0634 e. The van der Waals surface area contributed by atoms with Gasteiger partial charge in [0.2, 0.25) is 0 Å². The van der Waals surface area contributed by atoms with Crippen LogP contribution in [0.1, 0.15) is 77.3 Å². The first-order valence-corrected chi connectivity index (χ1v) is 10.9. The molecule has 0 aliphatic heterocycles. The summed E-state index contributed by atoms with van der Waals surface area (Å²) in [5.41, 5.74) is 6.14. The van der Waals surface area contributed by atoms with Crippen molar-refractivity contribution in [2.45, 2.75) is 66.2 Å². The van der Waals surface area contributed by atoms with Gasteiger partial charge in [-0.15, -0.1) is 11.8 Å². The van der Waals surface area contributed by atoms with Gasteiger partial charge in [-0.3, -0.25) is 9.98 Å². The molecule has 2 rings (SSSR count). The largest absolute Gasteiger partial charge is 0.252 e. The zero-order valence-corrected chi connectivity index (χ0v) is 20.1. The number of hydrogen-bond donors (Lipinski definition) is 0. The first-order valence-electron chi connectivity index (χ1n) is 10.9. The van der Waals surface area contributed by atoms with Crippen molar-refractivity contribution in [3.8, 4) is 23.7 Å². The Bertz CT molecular complexity index is 892. The molecule has 0 saturated carbocycles. The summed E-state index contributed by atoms with van der Waals surface area (Å²) in [6.45, 7) is 8.14.